The Morgan fingerprint density at radius 3 is 2.46 bits per heavy atom. The standard InChI is InChI=1S/C30H42N4O/c1-3-8-25(4-2)11-18-33-19-13-28(14-20-33)34-22-12-27-10-9-26(23-29(27)34)24-31-30(35)15-21-32-16-6-5-7-17-32/h3-4,8-10,12,22-23,28H,1-2,5-7,11,13-21,24H2,(H,31,35)/b25-8+. The van der Waals surface area contributed by atoms with Crippen LogP contribution < -0.4 is 5.32 Å². The van der Waals surface area contributed by atoms with Crippen LogP contribution in [0.15, 0.2) is 67.4 Å². The van der Waals surface area contributed by atoms with Crippen LogP contribution in [0, 0.1) is 0 Å². The van der Waals surface area contributed by atoms with Crippen molar-refractivity contribution in [1.29, 1.82) is 0 Å². The normalized spacial score (nSPS) is 18.6. The molecule has 4 rings (SSSR count). The molecule has 0 bridgehead atoms. The van der Waals surface area contributed by atoms with Gasteiger partial charge in [0.15, 0.2) is 0 Å². The fraction of sp³-hybridized carbons (Fsp3) is 0.500. The molecule has 2 saturated heterocycles. The van der Waals surface area contributed by atoms with Gasteiger partial charge in [-0.05, 0) is 73.8 Å². The Morgan fingerprint density at radius 1 is 0.971 bits per heavy atom. The Labute approximate surface area is 211 Å². The summed E-state index contributed by atoms with van der Waals surface area (Å²) in [6.45, 7) is 14.8. The maximum absolute atomic E-state index is 12.4. The maximum atomic E-state index is 12.4. The molecule has 0 atom stereocenters. The summed E-state index contributed by atoms with van der Waals surface area (Å²) in [7, 11) is 0. The number of nitrogens with one attached hydrogen (secondary N) is 1. The molecule has 0 unspecified atom stereocenters. The van der Waals surface area contributed by atoms with E-state index in [4.69, 9.17) is 0 Å². The van der Waals surface area contributed by atoms with E-state index in [0.29, 0.717) is 19.0 Å². The molecule has 1 N–H and O–H groups in total. The van der Waals surface area contributed by atoms with Gasteiger partial charge < -0.3 is 19.7 Å². The van der Waals surface area contributed by atoms with Gasteiger partial charge >= 0.3 is 0 Å². The number of piperidine rings is 2. The first kappa shape index (κ1) is 25.5. The van der Waals surface area contributed by atoms with Crippen LogP contribution in [-0.4, -0.2) is 59.5 Å². The molecule has 5 heteroatoms. The highest BCUT2D eigenvalue weighted by atomic mass is 16.1. The molecule has 35 heavy (non-hydrogen) atoms. The van der Waals surface area contributed by atoms with Crippen LogP contribution in [0.1, 0.15) is 56.6 Å². The highest BCUT2D eigenvalue weighted by Gasteiger charge is 2.21. The minimum Gasteiger partial charge on any atom is -0.352 e. The van der Waals surface area contributed by atoms with Crippen molar-refractivity contribution in [2.75, 3.05) is 39.3 Å². The van der Waals surface area contributed by atoms with Gasteiger partial charge in [0.05, 0.1) is 0 Å². The first-order valence-electron chi connectivity index (χ1n) is 13.4. The number of nitrogens with zero attached hydrogens (tertiary/aromatic N) is 3. The van der Waals surface area contributed by atoms with E-state index >= 15 is 0 Å². The molecular formula is C30H42N4O. The van der Waals surface area contributed by atoms with E-state index in [-0.39, 0.29) is 5.91 Å². The molecule has 2 aliphatic rings. The van der Waals surface area contributed by atoms with Crippen LogP contribution >= 0.6 is 0 Å². The second-order valence-electron chi connectivity index (χ2n) is 10.0. The van der Waals surface area contributed by atoms with E-state index in [1.807, 2.05) is 12.2 Å². The van der Waals surface area contributed by atoms with Crippen LogP contribution in [0.4, 0.5) is 0 Å². The number of fused-ring (bicyclic) bond motifs is 1. The van der Waals surface area contributed by atoms with Gasteiger partial charge in [0.1, 0.15) is 0 Å². The predicted octanol–water partition coefficient (Wildman–Crippen LogP) is 5.46. The summed E-state index contributed by atoms with van der Waals surface area (Å²) in [5.74, 6) is 0.154. The Bertz CT molecular complexity index is 1020. The number of amides is 1. The number of benzene rings is 1. The quantitative estimate of drug-likeness (QED) is 0.440. The van der Waals surface area contributed by atoms with Crippen LogP contribution in [0.2, 0.25) is 0 Å². The molecule has 0 saturated carbocycles. The van der Waals surface area contributed by atoms with Crippen molar-refractivity contribution in [2.45, 2.75) is 57.5 Å². The van der Waals surface area contributed by atoms with Crippen LogP contribution in [0.3, 0.4) is 0 Å². The predicted molar refractivity (Wildman–Crippen MR) is 146 cm³/mol. The third-order valence-corrected chi connectivity index (χ3v) is 7.64. The van der Waals surface area contributed by atoms with Crippen molar-refractivity contribution in [3.05, 3.63) is 73.0 Å². The van der Waals surface area contributed by atoms with Gasteiger partial charge in [-0.2, -0.15) is 0 Å². The van der Waals surface area contributed by atoms with E-state index in [0.717, 1.165) is 58.5 Å². The number of hydrogen-bond donors (Lipinski definition) is 1. The number of carbonyl (C=O) groups is 1. The molecular weight excluding hydrogens is 432 g/mol. The first-order valence-corrected chi connectivity index (χ1v) is 13.4. The highest BCUT2D eigenvalue weighted by molar-refractivity contribution is 5.81. The fourth-order valence-electron chi connectivity index (χ4n) is 5.47. The average Bonchev–Trinajstić information content (AvgIpc) is 3.33. The van der Waals surface area contributed by atoms with Crippen molar-refractivity contribution < 1.29 is 4.79 Å². The molecule has 2 fully saturated rings. The van der Waals surface area contributed by atoms with E-state index in [2.05, 4.69) is 69.4 Å². The smallest absolute Gasteiger partial charge is 0.221 e. The number of carbonyl (C=O) groups excluding carboxylic acids is 1. The summed E-state index contributed by atoms with van der Waals surface area (Å²) in [5.41, 5.74) is 3.71. The van der Waals surface area contributed by atoms with Gasteiger partial charge in [0, 0.05) is 56.9 Å². The van der Waals surface area contributed by atoms with Gasteiger partial charge in [-0.15, -0.1) is 0 Å². The van der Waals surface area contributed by atoms with Crippen molar-refractivity contribution in [3.8, 4) is 0 Å². The molecule has 5 nitrogen and oxygen atoms in total. The first-order chi connectivity index (χ1) is 17.2. The molecule has 3 heterocycles. The lowest BCUT2D eigenvalue weighted by Gasteiger charge is -2.33. The molecule has 0 radical (unpaired) electrons. The number of aromatic nitrogens is 1. The van der Waals surface area contributed by atoms with Crippen molar-refractivity contribution in [2.24, 2.45) is 0 Å². The van der Waals surface area contributed by atoms with E-state index in [9.17, 15) is 4.79 Å². The Hall–Kier alpha value is -2.63. The SMILES string of the molecule is C=C/C=C(\C=C)CCN1CCC(n2ccc3ccc(CNC(=O)CCN4CCCCC4)cc32)CC1. The molecule has 1 aromatic heterocycles. The molecule has 2 aliphatic heterocycles. The fourth-order valence-corrected chi connectivity index (χ4v) is 5.47. The lowest BCUT2D eigenvalue weighted by Crippen LogP contribution is -2.35. The second-order valence-corrected chi connectivity index (χ2v) is 10.0. The zero-order valence-corrected chi connectivity index (χ0v) is 21.3. The molecule has 1 aromatic carbocycles. The zero-order valence-electron chi connectivity index (χ0n) is 21.3. The summed E-state index contributed by atoms with van der Waals surface area (Å²) in [6, 6.07) is 9.36. The zero-order chi connectivity index (χ0) is 24.5. The third kappa shape index (κ3) is 7.18. The second kappa shape index (κ2) is 12.9. The maximum Gasteiger partial charge on any atom is 0.221 e. The Balaban J connectivity index is 1.28. The molecule has 188 valence electrons. The van der Waals surface area contributed by atoms with Gasteiger partial charge in [-0.1, -0.05) is 49.9 Å². The Morgan fingerprint density at radius 2 is 1.71 bits per heavy atom. The average molecular weight is 475 g/mol. The number of rotatable bonds is 11. The van der Waals surface area contributed by atoms with Crippen LogP contribution in [-0.2, 0) is 11.3 Å². The minimum absolute atomic E-state index is 0.154. The minimum atomic E-state index is 0.154. The van der Waals surface area contributed by atoms with E-state index in [1.54, 1.807) is 0 Å². The van der Waals surface area contributed by atoms with Crippen molar-refractivity contribution in [3.63, 3.8) is 0 Å². The summed E-state index contributed by atoms with van der Waals surface area (Å²) in [5, 5.41) is 4.41. The number of allylic oxidation sites excluding steroid dienone is 3. The monoisotopic (exact) mass is 474 g/mol. The molecule has 0 spiro atoms. The lowest BCUT2D eigenvalue weighted by atomic mass is 10.0. The molecule has 2 aromatic rings. The topological polar surface area (TPSA) is 40.5 Å². The lowest BCUT2D eigenvalue weighted by molar-refractivity contribution is -0.121. The molecule has 1 amide bonds. The van der Waals surface area contributed by atoms with E-state index in [1.165, 1.54) is 41.3 Å². The largest absolute Gasteiger partial charge is 0.352 e. The number of hydrogen-bond acceptors (Lipinski definition) is 3. The van der Waals surface area contributed by atoms with Gasteiger partial charge in [0.25, 0.3) is 0 Å². The Kier molecular flexibility index (Phi) is 9.38. The third-order valence-electron chi connectivity index (χ3n) is 7.64. The summed E-state index contributed by atoms with van der Waals surface area (Å²) in [4.78, 5) is 17.4. The van der Waals surface area contributed by atoms with Gasteiger partial charge in [0.2, 0.25) is 5.91 Å². The summed E-state index contributed by atoms with van der Waals surface area (Å²) in [6.07, 6.45) is 15.9. The van der Waals surface area contributed by atoms with Crippen molar-refractivity contribution >= 4 is 16.8 Å². The van der Waals surface area contributed by atoms with Gasteiger partial charge in [-0.3, -0.25) is 4.79 Å². The number of likely N-dealkylation sites (tertiary alicyclic amines) is 2. The highest BCUT2D eigenvalue weighted by Crippen LogP contribution is 2.28. The van der Waals surface area contributed by atoms with Crippen LogP contribution in [0.5, 0.6) is 0 Å². The van der Waals surface area contributed by atoms with E-state index < -0.39 is 0 Å². The van der Waals surface area contributed by atoms with Gasteiger partial charge in [-0.25, -0.2) is 0 Å². The summed E-state index contributed by atoms with van der Waals surface area (Å²) >= 11 is 0. The molecule has 0 aliphatic carbocycles. The van der Waals surface area contributed by atoms with Crippen molar-refractivity contribution in [1.82, 2.24) is 19.7 Å². The summed E-state index contributed by atoms with van der Waals surface area (Å²) < 4.78 is 2.46. The van der Waals surface area contributed by atoms with Crippen LogP contribution in [0.25, 0.3) is 10.9 Å².